The number of nitrogens with one attached hydrogen (secondary N) is 1. The normalized spacial score (nSPS) is 12.0. The quantitative estimate of drug-likeness (QED) is 0.507. The number of aryl methyl sites for hydroxylation is 1. The lowest BCUT2D eigenvalue weighted by atomic mass is 10.0. The number of benzene rings is 1. The predicted octanol–water partition coefficient (Wildman–Crippen LogP) is 4.37. The second-order valence-corrected chi connectivity index (χ2v) is 9.24. The predicted molar refractivity (Wildman–Crippen MR) is 112 cm³/mol. The summed E-state index contributed by atoms with van der Waals surface area (Å²) in [6.45, 7) is 5.44. The zero-order chi connectivity index (χ0) is 21.0. The first kappa shape index (κ1) is 21.2. The molecule has 0 unspecified atom stereocenters. The van der Waals surface area contributed by atoms with Gasteiger partial charge in [0.1, 0.15) is 6.04 Å². The average Bonchev–Trinajstić information content (AvgIpc) is 3.33. The first-order valence-corrected chi connectivity index (χ1v) is 10.6. The Hall–Kier alpha value is -2.52. The van der Waals surface area contributed by atoms with Crippen LogP contribution in [0.4, 0.5) is 0 Å². The van der Waals surface area contributed by atoms with Gasteiger partial charge in [-0.2, -0.15) is 0 Å². The minimum atomic E-state index is -0.792. The fourth-order valence-corrected chi connectivity index (χ4v) is 3.80. The Morgan fingerprint density at radius 1 is 1.17 bits per heavy atom. The third-order valence-corrected chi connectivity index (χ3v) is 5.72. The number of carbonyl (C=O) groups excluding carboxylic acids is 2. The van der Waals surface area contributed by atoms with E-state index >= 15 is 0 Å². The minimum Gasteiger partial charge on any atom is -0.454 e. The standard InChI is InChI=1S/C20H20BrN3O4S/c1-11(2)17(22-18(25)13-6-4-12(3)5-7-13)20(26)27-10-16-23-24-19(28-16)14-8-9-15(21)29-14/h4-9,11,17H,10H2,1-3H3,(H,22,25)/t17-/m0/s1. The summed E-state index contributed by atoms with van der Waals surface area (Å²) in [6, 6.07) is 10.1. The van der Waals surface area contributed by atoms with Crippen LogP contribution in [0.1, 0.15) is 35.7 Å². The molecule has 0 aliphatic rings. The van der Waals surface area contributed by atoms with Gasteiger partial charge < -0.3 is 14.5 Å². The van der Waals surface area contributed by atoms with Crippen molar-refractivity contribution in [3.05, 3.63) is 57.2 Å². The van der Waals surface area contributed by atoms with E-state index in [2.05, 4.69) is 31.4 Å². The molecule has 9 heteroatoms. The molecule has 0 radical (unpaired) electrons. The summed E-state index contributed by atoms with van der Waals surface area (Å²) in [5.41, 5.74) is 1.54. The molecule has 0 spiro atoms. The Morgan fingerprint density at radius 3 is 2.52 bits per heavy atom. The average molecular weight is 478 g/mol. The van der Waals surface area contributed by atoms with Crippen LogP contribution in [0.25, 0.3) is 10.8 Å². The maximum Gasteiger partial charge on any atom is 0.329 e. The number of aromatic nitrogens is 2. The van der Waals surface area contributed by atoms with Crippen molar-refractivity contribution in [3.8, 4) is 10.8 Å². The van der Waals surface area contributed by atoms with E-state index in [1.54, 1.807) is 12.1 Å². The van der Waals surface area contributed by atoms with E-state index in [9.17, 15) is 9.59 Å². The van der Waals surface area contributed by atoms with Gasteiger partial charge in [0, 0.05) is 5.56 Å². The molecule has 2 heterocycles. The van der Waals surface area contributed by atoms with Gasteiger partial charge in [0.05, 0.1) is 8.66 Å². The van der Waals surface area contributed by atoms with E-state index in [0.29, 0.717) is 11.5 Å². The Morgan fingerprint density at radius 2 is 1.90 bits per heavy atom. The largest absolute Gasteiger partial charge is 0.454 e. The van der Waals surface area contributed by atoms with Gasteiger partial charge >= 0.3 is 5.97 Å². The molecule has 152 valence electrons. The smallest absolute Gasteiger partial charge is 0.329 e. The van der Waals surface area contributed by atoms with Crippen LogP contribution in [0.2, 0.25) is 0 Å². The van der Waals surface area contributed by atoms with Crippen LogP contribution < -0.4 is 5.32 Å². The maximum absolute atomic E-state index is 12.5. The lowest BCUT2D eigenvalue weighted by Gasteiger charge is -2.20. The molecule has 7 nitrogen and oxygen atoms in total. The maximum atomic E-state index is 12.5. The monoisotopic (exact) mass is 477 g/mol. The van der Waals surface area contributed by atoms with Gasteiger partial charge in [0.15, 0.2) is 6.61 Å². The highest BCUT2D eigenvalue weighted by Crippen LogP contribution is 2.30. The van der Waals surface area contributed by atoms with Gasteiger partial charge in [-0.3, -0.25) is 4.79 Å². The lowest BCUT2D eigenvalue weighted by Crippen LogP contribution is -2.45. The van der Waals surface area contributed by atoms with Crippen molar-refractivity contribution >= 4 is 39.1 Å². The first-order chi connectivity index (χ1) is 13.8. The fraction of sp³-hybridized carbons (Fsp3) is 0.300. The highest BCUT2D eigenvalue weighted by molar-refractivity contribution is 9.11. The van der Waals surface area contributed by atoms with Gasteiger partial charge in [-0.15, -0.1) is 21.5 Å². The summed E-state index contributed by atoms with van der Waals surface area (Å²) in [5, 5.41) is 10.6. The lowest BCUT2D eigenvalue weighted by molar-refractivity contribution is -0.149. The second-order valence-electron chi connectivity index (χ2n) is 6.77. The molecule has 0 aliphatic carbocycles. The number of carbonyl (C=O) groups is 2. The van der Waals surface area contributed by atoms with Gasteiger partial charge in [-0.1, -0.05) is 31.5 Å². The van der Waals surface area contributed by atoms with Crippen molar-refractivity contribution in [1.82, 2.24) is 15.5 Å². The van der Waals surface area contributed by atoms with Gasteiger partial charge in [0.25, 0.3) is 17.7 Å². The van der Waals surface area contributed by atoms with Crippen LogP contribution in [0.5, 0.6) is 0 Å². The van der Waals surface area contributed by atoms with Gasteiger partial charge in [0.2, 0.25) is 0 Å². The minimum absolute atomic E-state index is 0.154. The third kappa shape index (κ3) is 5.51. The van der Waals surface area contributed by atoms with E-state index in [4.69, 9.17) is 9.15 Å². The summed E-state index contributed by atoms with van der Waals surface area (Å²) in [4.78, 5) is 25.8. The van der Waals surface area contributed by atoms with E-state index in [1.807, 2.05) is 45.0 Å². The highest BCUT2D eigenvalue weighted by Gasteiger charge is 2.27. The van der Waals surface area contributed by atoms with Crippen LogP contribution in [0.3, 0.4) is 0 Å². The molecule has 0 bridgehead atoms. The van der Waals surface area contributed by atoms with Crippen molar-refractivity contribution in [3.63, 3.8) is 0 Å². The first-order valence-electron chi connectivity index (χ1n) is 8.95. The highest BCUT2D eigenvalue weighted by atomic mass is 79.9. The topological polar surface area (TPSA) is 94.3 Å². The Bertz CT molecular complexity index is 997. The summed E-state index contributed by atoms with van der Waals surface area (Å²) >= 11 is 4.84. The Balaban J connectivity index is 1.60. The number of amides is 1. The number of hydrogen-bond donors (Lipinski definition) is 1. The zero-order valence-electron chi connectivity index (χ0n) is 16.1. The van der Waals surface area contributed by atoms with E-state index in [-0.39, 0.29) is 24.3 Å². The molecule has 0 aliphatic heterocycles. The molecule has 1 amide bonds. The summed E-state index contributed by atoms with van der Waals surface area (Å²) < 4.78 is 11.8. The molecule has 2 aromatic heterocycles. The molecule has 0 fully saturated rings. The van der Waals surface area contributed by atoms with Crippen LogP contribution in [-0.2, 0) is 16.1 Å². The SMILES string of the molecule is Cc1ccc(C(=O)N[C@H](C(=O)OCc2nnc(-c3ccc(Br)s3)o2)C(C)C)cc1. The van der Waals surface area contributed by atoms with E-state index in [0.717, 1.165) is 14.2 Å². The van der Waals surface area contributed by atoms with E-state index < -0.39 is 12.0 Å². The van der Waals surface area contributed by atoms with Crippen LogP contribution in [-0.4, -0.2) is 28.1 Å². The van der Waals surface area contributed by atoms with Crippen molar-refractivity contribution in [1.29, 1.82) is 0 Å². The number of nitrogens with zero attached hydrogens (tertiary/aromatic N) is 2. The van der Waals surface area contributed by atoms with Crippen molar-refractivity contribution < 1.29 is 18.7 Å². The van der Waals surface area contributed by atoms with Crippen molar-refractivity contribution in [2.75, 3.05) is 0 Å². The van der Waals surface area contributed by atoms with Gasteiger partial charge in [-0.25, -0.2) is 4.79 Å². The number of ether oxygens (including phenoxy) is 1. The summed E-state index contributed by atoms with van der Waals surface area (Å²) in [6.07, 6.45) is 0. The fourth-order valence-electron chi connectivity index (χ4n) is 2.49. The Labute approximate surface area is 180 Å². The van der Waals surface area contributed by atoms with Crippen LogP contribution in [0.15, 0.2) is 44.6 Å². The summed E-state index contributed by atoms with van der Waals surface area (Å²) in [5.74, 6) is -0.494. The van der Waals surface area contributed by atoms with Crippen molar-refractivity contribution in [2.45, 2.75) is 33.4 Å². The second kappa shape index (κ2) is 9.32. The molecule has 0 saturated heterocycles. The third-order valence-electron chi connectivity index (χ3n) is 4.11. The van der Waals surface area contributed by atoms with Crippen LogP contribution in [0, 0.1) is 12.8 Å². The molecule has 1 aromatic carbocycles. The number of thiophene rings is 1. The molecule has 0 saturated carbocycles. The zero-order valence-corrected chi connectivity index (χ0v) is 18.5. The molecule has 1 N–H and O–H groups in total. The summed E-state index contributed by atoms with van der Waals surface area (Å²) in [7, 11) is 0. The van der Waals surface area contributed by atoms with Gasteiger partial charge in [-0.05, 0) is 53.0 Å². The van der Waals surface area contributed by atoms with E-state index in [1.165, 1.54) is 11.3 Å². The molecular formula is C20H20BrN3O4S. The molecule has 3 aromatic rings. The number of rotatable bonds is 7. The van der Waals surface area contributed by atoms with Crippen molar-refractivity contribution in [2.24, 2.45) is 5.92 Å². The number of hydrogen-bond acceptors (Lipinski definition) is 7. The number of halogens is 1. The molecule has 1 atom stereocenters. The molecule has 3 rings (SSSR count). The number of esters is 1. The van der Waals surface area contributed by atoms with Crippen LogP contribution >= 0.6 is 27.3 Å². The Kier molecular flexibility index (Phi) is 6.81. The molecular weight excluding hydrogens is 458 g/mol. The molecule has 29 heavy (non-hydrogen) atoms.